The average Bonchev–Trinajstić information content (AvgIpc) is 2.24. The average molecular weight is 246 g/mol. The first-order valence-electron chi connectivity index (χ1n) is 5.00. The molecule has 0 saturated carbocycles. The monoisotopic (exact) mass is 246 g/mol. The normalized spacial score (nSPS) is 11.4. The molecule has 2 nitrogen and oxygen atoms in total. The second-order valence-electron chi connectivity index (χ2n) is 4.43. The highest BCUT2D eigenvalue weighted by atomic mass is 19.2. The molecule has 0 bridgehead atoms. The molecule has 0 heterocycles. The van der Waals surface area contributed by atoms with Crippen molar-refractivity contribution in [3.8, 4) is 0 Å². The van der Waals surface area contributed by atoms with Gasteiger partial charge in [-0.05, 0) is 38.0 Å². The quantitative estimate of drug-likeness (QED) is 0.605. The molecule has 94 valence electrons. The molecule has 0 unspecified atom stereocenters. The van der Waals surface area contributed by atoms with Gasteiger partial charge in [-0.2, -0.15) is 0 Å². The van der Waals surface area contributed by atoms with Crippen LogP contribution in [0.4, 0.5) is 13.2 Å². The molecular weight excluding hydrogens is 233 g/mol. The zero-order valence-corrected chi connectivity index (χ0v) is 9.81. The standard InChI is InChI=1S/C12H13F3O2/c1-12(2,11(16)17-3)6-7-4-8(13)10(15)9(14)5-7/h4-5H,6H2,1-3H3. The zero-order chi connectivity index (χ0) is 13.2. The van der Waals surface area contributed by atoms with E-state index < -0.39 is 28.8 Å². The van der Waals surface area contributed by atoms with Gasteiger partial charge in [-0.1, -0.05) is 0 Å². The maximum Gasteiger partial charge on any atom is 0.311 e. The number of ether oxygens (including phenoxy) is 1. The second-order valence-corrected chi connectivity index (χ2v) is 4.43. The lowest BCUT2D eigenvalue weighted by molar-refractivity contribution is -0.150. The van der Waals surface area contributed by atoms with Gasteiger partial charge in [0.25, 0.3) is 0 Å². The number of carbonyl (C=O) groups excluding carboxylic acids is 1. The lowest BCUT2D eigenvalue weighted by Gasteiger charge is -2.21. The van der Waals surface area contributed by atoms with Crippen molar-refractivity contribution >= 4 is 5.97 Å². The van der Waals surface area contributed by atoms with Gasteiger partial charge in [-0.25, -0.2) is 13.2 Å². The third-order valence-corrected chi connectivity index (χ3v) is 2.43. The summed E-state index contributed by atoms with van der Waals surface area (Å²) in [6, 6.07) is 1.76. The van der Waals surface area contributed by atoms with E-state index in [1.807, 2.05) is 0 Å². The van der Waals surface area contributed by atoms with Crippen molar-refractivity contribution in [2.45, 2.75) is 20.3 Å². The summed E-state index contributed by atoms with van der Waals surface area (Å²) in [5.74, 6) is -4.53. The van der Waals surface area contributed by atoms with E-state index in [1.165, 1.54) is 7.11 Å². The molecule has 17 heavy (non-hydrogen) atoms. The van der Waals surface area contributed by atoms with Gasteiger partial charge in [0.2, 0.25) is 0 Å². The van der Waals surface area contributed by atoms with Crippen LogP contribution >= 0.6 is 0 Å². The molecule has 5 heteroatoms. The van der Waals surface area contributed by atoms with Crippen molar-refractivity contribution in [1.82, 2.24) is 0 Å². The van der Waals surface area contributed by atoms with Crippen molar-refractivity contribution in [2.75, 3.05) is 7.11 Å². The molecule has 0 aromatic heterocycles. The third kappa shape index (κ3) is 2.99. The number of benzene rings is 1. The Kier molecular flexibility index (Phi) is 3.80. The van der Waals surface area contributed by atoms with Crippen molar-refractivity contribution in [3.05, 3.63) is 35.1 Å². The molecule has 0 N–H and O–H groups in total. The molecule has 0 aliphatic heterocycles. The van der Waals surface area contributed by atoms with E-state index >= 15 is 0 Å². The maximum absolute atomic E-state index is 13.0. The van der Waals surface area contributed by atoms with Gasteiger partial charge < -0.3 is 4.74 Å². The Labute approximate surface area is 97.4 Å². The molecule has 0 aliphatic carbocycles. The summed E-state index contributed by atoms with van der Waals surface area (Å²) in [5.41, 5.74) is -0.720. The summed E-state index contributed by atoms with van der Waals surface area (Å²) in [7, 11) is 1.23. The van der Waals surface area contributed by atoms with E-state index in [4.69, 9.17) is 0 Å². The van der Waals surface area contributed by atoms with E-state index in [0.29, 0.717) is 0 Å². The molecule has 0 radical (unpaired) electrons. The number of methoxy groups -OCH3 is 1. The Hall–Kier alpha value is -1.52. The van der Waals surface area contributed by atoms with Crippen LogP contribution in [-0.2, 0) is 16.0 Å². The summed E-state index contributed by atoms with van der Waals surface area (Å²) in [4.78, 5) is 11.4. The van der Waals surface area contributed by atoms with Crippen molar-refractivity contribution in [2.24, 2.45) is 5.41 Å². The fourth-order valence-corrected chi connectivity index (χ4v) is 1.57. The van der Waals surface area contributed by atoms with Crippen LogP contribution in [-0.4, -0.2) is 13.1 Å². The van der Waals surface area contributed by atoms with Crippen LogP contribution in [0, 0.1) is 22.9 Å². The predicted octanol–water partition coefficient (Wildman–Crippen LogP) is 2.85. The fourth-order valence-electron chi connectivity index (χ4n) is 1.57. The summed E-state index contributed by atoms with van der Waals surface area (Å²) >= 11 is 0. The lowest BCUT2D eigenvalue weighted by atomic mass is 9.86. The first-order chi connectivity index (χ1) is 7.77. The molecule has 0 atom stereocenters. The highest BCUT2D eigenvalue weighted by Gasteiger charge is 2.29. The Morgan fingerprint density at radius 3 is 2.12 bits per heavy atom. The first kappa shape index (κ1) is 13.5. The largest absolute Gasteiger partial charge is 0.469 e. The van der Waals surface area contributed by atoms with Gasteiger partial charge in [-0.15, -0.1) is 0 Å². The minimum Gasteiger partial charge on any atom is -0.469 e. The maximum atomic E-state index is 13.0. The summed E-state index contributed by atoms with van der Waals surface area (Å²) in [6.45, 7) is 3.16. The molecular formula is C12H13F3O2. The number of rotatable bonds is 3. The van der Waals surface area contributed by atoms with Crippen molar-refractivity contribution < 1.29 is 22.7 Å². The summed E-state index contributed by atoms with van der Waals surface area (Å²) in [6.07, 6.45) is 0.0633. The molecule has 0 spiro atoms. The van der Waals surface area contributed by atoms with Gasteiger partial charge in [0.05, 0.1) is 12.5 Å². The number of hydrogen-bond donors (Lipinski definition) is 0. The van der Waals surface area contributed by atoms with Gasteiger partial charge in [0, 0.05) is 0 Å². The third-order valence-electron chi connectivity index (χ3n) is 2.43. The van der Waals surface area contributed by atoms with Gasteiger partial charge in [0.15, 0.2) is 17.5 Å². The molecule has 0 amide bonds. The smallest absolute Gasteiger partial charge is 0.311 e. The van der Waals surface area contributed by atoms with Crippen LogP contribution in [0.15, 0.2) is 12.1 Å². The minimum absolute atomic E-state index is 0.0633. The van der Waals surface area contributed by atoms with Gasteiger partial charge in [0.1, 0.15) is 0 Å². The second kappa shape index (κ2) is 4.77. The molecule has 1 aromatic rings. The predicted molar refractivity (Wildman–Crippen MR) is 55.8 cm³/mol. The van der Waals surface area contributed by atoms with E-state index in [-0.39, 0.29) is 12.0 Å². The SMILES string of the molecule is COC(=O)C(C)(C)Cc1cc(F)c(F)c(F)c1. The Morgan fingerprint density at radius 2 is 1.71 bits per heavy atom. The molecule has 0 saturated heterocycles. The van der Waals surface area contributed by atoms with E-state index in [9.17, 15) is 18.0 Å². The molecule has 0 fully saturated rings. The van der Waals surface area contributed by atoms with Crippen LogP contribution in [0.5, 0.6) is 0 Å². The Morgan fingerprint density at radius 1 is 1.24 bits per heavy atom. The summed E-state index contributed by atoms with van der Waals surface area (Å²) in [5, 5.41) is 0. The number of hydrogen-bond acceptors (Lipinski definition) is 2. The fraction of sp³-hybridized carbons (Fsp3) is 0.417. The number of halogens is 3. The van der Waals surface area contributed by atoms with Gasteiger partial charge >= 0.3 is 5.97 Å². The molecule has 1 rings (SSSR count). The Balaban J connectivity index is 3.00. The topological polar surface area (TPSA) is 26.3 Å². The van der Waals surface area contributed by atoms with Crippen LogP contribution < -0.4 is 0 Å². The van der Waals surface area contributed by atoms with E-state index in [1.54, 1.807) is 13.8 Å². The van der Waals surface area contributed by atoms with Crippen molar-refractivity contribution in [1.29, 1.82) is 0 Å². The summed E-state index contributed by atoms with van der Waals surface area (Å²) < 4.78 is 43.2. The van der Waals surface area contributed by atoms with Crippen LogP contribution in [0.3, 0.4) is 0 Å². The highest BCUT2D eigenvalue weighted by molar-refractivity contribution is 5.76. The van der Waals surface area contributed by atoms with Crippen LogP contribution in [0.25, 0.3) is 0 Å². The number of esters is 1. The number of carbonyl (C=O) groups is 1. The van der Waals surface area contributed by atoms with Crippen LogP contribution in [0.1, 0.15) is 19.4 Å². The highest BCUT2D eigenvalue weighted by Crippen LogP contribution is 2.25. The van der Waals surface area contributed by atoms with E-state index in [2.05, 4.69) is 4.74 Å². The molecule has 0 aliphatic rings. The minimum atomic E-state index is -1.51. The Bertz CT molecular complexity index is 418. The first-order valence-corrected chi connectivity index (χ1v) is 5.00. The van der Waals surface area contributed by atoms with Gasteiger partial charge in [-0.3, -0.25) is 4.79 Å². The van der Waals surface area contributed by atoms with E-state index in [0.717, 1.165) is 12.1 Å². The molecule has 1 aromatic carbocycles. The zero-order valence-electron chi connectivity index (χ0n) is 9.81. The van der Waals surface area contributed by atoms with Crippen LogP contribution in [0.2, 0.25) is 0 Å². The van der Waals surface area contributed by atoms with Crippen molar-refractivity contribution in [3.63, 3.8) is 0 Å². The lowest BCUT2D eigenvalue weighted by Crippen LogP contribution is -2.28.